The first-order valence-corrected chi connectivity index (χ1v) is 16.1. The zero-order valence-corrected chi connectivity index (χ0v) is 27.4. The molecular formula is C32H31BrClN3O6S. The number of benzene rings is 4. The quantitative estimate of drug-likeness (QED) is 0.122. The highest BCUT2D eigenvalue weighted by molar-refractivity contribution is 9.10. The number of carbonyl (C=O) groups excluding carboxylic acids is 1. The molecule has 0 aromatic heterocycles. The van der Waals surface area contributed by atoms with Crippen molar-refractivity contribution in [2.24, 2.45) is 5.10 Å². The Hall–Kier alpha value is -4.06. The summed E-state index contributed by atoms with van der Waals surface area (Å²) < 4.78 is 45.8. The molecule has 0 radical (unpaired) electrons. The van der Waals surface area contributed by atoms with Crippen LogP contribution in [0.15, 0.2) is 99.4 Å². The fraction of sp³-hybridized carbons (Fsp3) is 0.188. The molecule has 0 unspecified atom stereocenters. The van der Waals surface area contributed by atoms with Gasteiger partial charge in [0, 0.05) is 5.02 Å². The zero-order chi connectivity index (χ0) is 31.7. The maximum absolute atomic E-state index is 13.7. The number of carbonyl (C=O) groups is 1. The van der Waals surface area contributed by atoms with Crippen molar-refractivity contribution in [3.05, 3.63) is 111 Å². The van der Waals surface area contributed by atoms with Crippen LogP contribution in [-0.2, 0) is 21.4 Å². The maximum Gasteiger partial charge on any atom is 0.264 e. The molecule has 0 aliphatic carbocycles. The summed E-state index contributed by atoms with van der Waals surface area (Å²) >= 11 is 9.40. The molecule has 0 bridgehead atoms. The van der Waals surface area contributed by atoms with Gasteiger partial charge in [0.05, 0.1) is 35.0 Å². The largest absolute Gasteiger partial charge is 0.496 e. The molecule has 9 nitrogen and oxygen atoms in total. The van der Waals surface area contributed by atoms with Gasteiger partial charge in [-0.05, 0) is 102 Å². The predicted molar refractivity (Wildman–Crippen MR) is 176 cm³/mol. The summed E-state index contributed by atoms with van der Waals surface area (Å²) in [6.07, 6.45) is 1.44. The molecule has 230 valence electrons. The van der Waals surface area contributed by atoms with E-state index in [1.807, 2.05) is 32.0 Å². The molecular weight excluding hydrogens is 670 g/mol. The number of nitrogens with one attached hydrogen (secondary N) is 1. The molecule has 0 aliphatic rings. The van der Waals surface area contributed by atoms with Gasteiger partial charge in [-0.25, -0.2) is 13.8 Å². The lowest BCUT2D eigenvalue weighted by Crippen LogP contribution is -2.39. The van der Waals surface area contributed by atoms with Gasteiger partial charge in [-0.1, -0.05) is 41.4 Å². The summed E-state index contributed by atoms with van der Waals surface area (Å²) in [5, 5.41) is 4.67. The minimum atomic E-state index is -4.13. The van der Waals surface area contributed by atoms with E-state index < -0.39 is 22.5 Å². The Morgan fingerprint density at radius 3 is 2.41 bits per heavy atom. The van der Waals surface area contributed by atoms with Crippen molar-refractivity contribution in [3.63, 3.8) is 0 Å². The molecule has 0 saturated carbocycles. The first-order valence-electron chi connectivity index (χ1n) is 13.5. The topological polar surface area (TPSA) is 107 Å². The summed E-state index contributed by atoms with van der Waals surface area (Å²) in [7, 11) is -2.65. The van der Waals surface area contributed by atoms with Gasteiger partial charge in [-0.2, -0.15) is 5.10 Å². The zero-order valence-electron chi connectivity index (χ0n) is 24.3. The van der Waals surface area contributed by atoms with Crippen LogP contribution in [0.25, 0.3) is 0 Å². The molecule has 4 rings (SSSR count). The average Bonchev–Trinajstić information content (AvgIpc) is 3.00. The van der Waals surface area contributed by atoms with E-state index in [9.17, 15) is 13.2 Å². The summed E-state index contributed by atoms with van der Waals surface area (Å²) in [5.41, 5.74) is 5.24. The number of sulfonamides is 1. The Labute approximate surface area is 270 Å². The number of halogens is 2. The molecule has 4 aromatic carbocycles. The molecule has 0 saturated heterocycles. The van der Waals surface area contributed by atoms with Gasteiger partial charge in [-0.15, -0.1) is 0 Å². The van der Waals surface area contributed by atoms with Gasteiger partial charge < -0.3 is 14.2 Å². The number of hydrazone groups is 1. The summed E-state index contributed by atoms with van der Waals surface area (Å²) in [6, 6.07) is 23.9. The van der Waals surface area contributed by atoms with Gasteiger partial charge in [0.2, 0.25) is 0 Å². The van der Waals surface area contributed by atoms with Gasteiger partial charge in [-0.3, -0.25) is 9.10 Å². The second-order valence-electron chi connectivity index (χ2n) is 9.49. The van der Waals surface area contributed by atoms with Gasteiger partial charge >= 0.3 is 0 Å². The van der Waals surface area contributed by atoms with E-state index in [0.717, 1.165) is 15.4 Å². The van der Waals surface area contributed by atoms with Crippen molar-refractivity contribution < 1.29 is 27.4 Å². The first-order chi connectivity index (χ1) is 21.1. The van der Waals surface area contributed by atoms with Crippen LogP contribution >= 0.6 is 27.5 Å². The minimum absolute atomic E-state index is 0.0109. The molecule has 4 aromatic rings. The maximum atomic E-state index is 13.7. The van der Waals surface area contributed by atoms with E-state index in [0.29, 0.717) is 51.2 Å². The van der Waals surface area contributed by atoms with Crippen LogP contribution in [0, 0.1) is 6.92 Å². The fourth-order valence-corrected chi connectivity index (χ4v) is 6.44. The number of hydrogen-bond donors (Lipinski definition) is 1. The average molecular weight is 701 g/mol. The third-order valence-corrected chi connectivity index (χ3v) is 8.90. The summed E-state index contributed by atoms with van der Waals surface area (Å²) in [6.45, 7) is 3.96. The van der Waals surface area contributed by atoms with Gasteiger partial charge in [0.25, 0.3) is 15.9 Å². The fourth-order valence-electron chi connectivity index (χ4n) is 4.09. The second-order valence-corrected chi connectivity index (χ2v) is 12.6. The lowest BCUT2D eigenvalue weighted by atomic mass is 10.2. The third kappa shape index (κ3) is 8.52. The van der Waals surface area contributed by atoms with E-state index in [-0.39, 0.29) is 4.90 Å². The van der Waals surface area contributed by atoms with Crippen LogP contribution in [0.1, 0.15) is 23.6 Å². The van der Waals surface area contributed by atoms with Crippen molar-refractivity contribution in [1.29, 1.82) is 0 Å². The molecule has 0 spiro atoms. The smallest absolute Gasteiger partial charge is 0.264 e. The number of nitrogens with zero attached hydrogens (tertiary/aromatic N) is 2. The third-order valence-electron chi connectivity index (χ3n) is 6.27. The number of amides is 1. The molecule has 0 heterocycles. The standard InChI is InChI=1S/C32H31BrClN3O6S/c1-4-42-31-17-23(10-14-30(31)43-21-24-6-5-7-25(34)16-24)19-35-36-32(38)20-37(26-11-8-22(2)9-12-26)44(39,40)27-13-15-29(41-3)28(33)18-27/h5-19H,4,20-21H2,1-3H3,(H,36,38)/b35-19-. The van der Waals surface area contributed by atoms with E-state index in [2.05, 4.69) is 26.5 Å². The highest BCUT2D eigenvalue weighted by atomic mass is 79.9. The van der Waals surface area contributed by atoms with Crippen LogP contribution < -0.4 is 23.9 Å². The van der Waals surface area contributed by atoms with E-state index >= 15 is 0 Å². The Kier molecular flexibility index (Phi) is 11.3. The molecule has 1 amide bonds. The number of anilines is 1. The number of hydrogen-bond acceptors (Lipinski definition) is 7. The second kappa shape index (κ2) is 15.1. The molecule has 1 N–H and O–H groups in total. The summed E-state index contributed by atoms with van der Waals surface area (Å²) in [5.74, 6) is 0.889. The van der Waals surface area contributed by atoms with Crippen molar-refractivity contribution in [2.45, 2.75) is 25.3 Å². The number of aryl methyl sites for hydroxylation is 1. The lowest BCUT2D eigenvalue weighted by molar-refractivity contribution is -0.119. The van der Waals surface area contributed by atoms with Crippen molar-refractivity contribution in [2.75, 3.05) is 24.6 Å². The highest BCUT2D eigenvalue weighted by Crippen LogP contribution is 2.31. The Balaban J connectivity index is 1.49. The number of rotatable bonds is 13. The van der Waals surface area contributed by atoms with Crippen LogP contribution in [-0.4, -0.2) is 40.8 Å². The highest BCUT2D eigenvalue weighted by Gasteiger charge is 2.28. The number of ether oxygens (including phenoxy) is 3. The Bertz CT molecular complexity index is 1750. The monoisotopic (exact) mass is 699 g/mol. The molecule has 12 heteroatoms. The van der Waals surface area contributed by atoms with E-state index in [4.69, 9.17) is 25.8 Å². The van der Waals surface area contributed by atoms with Crippen LogP contribution in [0.3, 0.4) is 0 Å². The SMILES string of the molecule is CCOc1cc(/C=N\NC(=O)CN(c2ccc(C)cc2)S(=O)(=O)c2ccc(OC)c(Br)c2)ccc1OCc1cccc(Cl)c1. The van der Waals surface area contributed by atoms with E-state index in [1.54, 1.807) is 54.6 Å². The Morgan fingerprint density at radius 2 is 1.73 bits per heavy atom. The minimum Gasteiger partial charge on any atom is -0.496 e. The number of methoxy groups -OCH3 is 1. The molecule has 0 fully saturated rings. The first kappa shape index (κ1) is 32.8. The van der Waals surface area contributed by atoms with Crippen LogP contribution in [0.2, 0.25) is 5.02 Å². The normalized spacial score (nSPS) is 11.3. The van der Waals surface area contributed by atoms with Crippen molar-refractivity contribution in [3.8, 4) is 17.2 Å². The Morgan fingerprint density at radius 1 is 0.977 bits per heavy atom. The van der Waals surface area contributed by atoms with Gasteiger partial charge in [0.15, 0.2) is 11.5 Å². The van der Waals surface area contributed by atoms with Crippen molar-refractivity contribution in [1.82, 2.24) is 5.43 Å². The lowest BCUT2D eigenvalue weighted by Gasteiger charge is -2.24. The van der Waals surface area contributed by atoms with Crippen LogP contribution in [0.4, 0.5) is 5.69 Å². The van der Waals surface area contributed by atoms with Crippen LogP contribution in [0.5, 0.6) is 17.2 Å². The molecule has 0 aliphatic heterocycles. The van der Waals surface area contributed by atoms with E-state index in [1.165, 1.54) is 25.5 Å². The predicted octanol–water partition coefficient (Wildman–Crippen LogP) is 6.74. The van der Waals surface area contributed by atoms with Gasteiger partial charge in [0.1, 0.15) is 18.9 Å². The molecule has 44 heavy (non-hydrogen) atoms. The summed E-state index contributed by atoms with van der Waals surface area (Å²) in [4.78, 5) is 13.0. The van der Waals surface area contributed by atoms with Crippen molar-refractivity contribution >= 4 is 55.4 Å². The molecule has 0 atom stereocenters.